The number of benzene rings is 1. The second-order valence-corrected chi connectivity index (χ2v) is 7.07. The van der Waals surface area contributed by atoms with Crippen LogP contribution in [0.2, 0.25) is 5.02 Å². The Morgan fingerprint density at radius 2 is 2.15 bits per heavy atom. The zero-order chi connectivity index (χ0) is 18.8. The van der Waals surface area contributed by atoms with Gasteiger partial charge in [-0.2, -0.15) is 5.10 Å². The van der Waals surface area contributed by atoms with E-state index in [1.807, 2.05) is 36.2 Å². The first-order chi connectivity index (χ1) is 13.2. The summed E-state index contributed by atoms with van der Waals surface area (Å²) in [7, 11) is 1.91. The number of likely N-dealkylation sites (N-methyl/N-ethyl adjacent to an activating group) is 1. The Bertz CT molecular complexity index is 918. The van der Waals surface area contributed by atoms with E-state index >= 15 is 0 Å². The van der Waals surface area contributed by atoms with Crippen molar-refractivity contribution in [1.82, 2.24) is 20.0 Å². The maximum Gasteiger partial charge on any atom is 0.274 e. The highest BCUT2D eigenvalue weighted by molar-refractivity contribution is 6.30. The van der Waals surface area contributed by atoms with E-state index in [0.717, 1.165) is 37.3 Å². The Morgan fingerprint density at radius 3 is 2.85 bits per heavy atom. The van der Waals surface area contributed by atoms with Crippen molar-refractivity contribution in [3.05, 3.63) is 59.4 Å². The van der Waals surface area contributed by atoms with Crippen molar-refractivity contribution < 1.29 is 9.21 Å². The van der Waals surface area contributed by atoms with E-state index in [2.05, 4.69) is 10.4 Å². The molecule has 2 aromatic heterocycles. The van der Waals surface area contributed by atoms with Gasteiger partial charge in [0, 0.05) is 30.2 Å². The highest BCUT2D eigenvalue weighted by Crippen LogP contribution is 2.27. The van der Waals surface area contributed by atoms with Gasteiger partial charge in [0.1, 0.15) is 5.69 Å². The van der Waals surface area contributed by atoms with Crippen LogP contribution < -0.4 is 5.32 Å². The molecule has 1 atom stereocenters. The topological polar surface area (TPSA) is 63.3 Å². The second-order valence-electron chi connectivity index (χ2n) is 6.63. The van der Waals surface area contributed by atoms with Gasteiger partial charge < -0.3 is 14.6 Å². The minimum atomic E-state index is -0.0479. The van der Waals surface area contributed by atoms with Gasteiger partial charge in [-0.15, -0.1) is 0 Å². The van der Waals surface area contributed by atoms with Gasteiger partial charge in [-0.25, -0.2) is 4.68 Å². The van der Waals surface area contributed by atoms with Gasteiger partial charge in [-0.1, -0.05) is 11.6 Å². The van der Waals surface area contributed by atoms with Crippen molar-refractivity contribution in [1.29, 1.82) is 0 Å². The van der Waals surface area contributed by atoms with E-state index in [0.29, 0.717) is 16.5 Å². The Morgan fingerprint density at radius 1 is 1.33 bits per heavy atom. The quantitative estimate of drug-likeness (QED) is 0.729. The predicted octanol–water partition coefficient (Wildman–Crippen LogP) is 3.61. The molecule has 1 N–H and O–H groups in total. The summed E-state index contributed by atoms with van der Waals surface area (Å²) in [6, 6.07) is 13.0. The third-order valence-electron chi connectivity index (χ3n) is 4.85. The van der Waals surface area contributed by atoms with E-state index in [-0.39, 0.29) is 11.9 Å². The average Bonchev–Trinajstić information content (AvgIpc) is 3.42. The first-order valence-corrected chi connectivity index (χ1v) is 9.40. The van der Waals surface area contributed by atoms with Crippen molar-refractivity contribution in [3.8, 4) is 17.1 Å². The molecule has 1 amide bonds. The first-order valence-electron chi connectivity index (χ1n) is 9.03. The van der Waals surface area contributed by atoms with Crippen molar-refractivity contribution in [2.24, 2.45) is 0 Å². The van der Waals surface area contributed by atoms with E-state index in [1.165, 1.54) is 0 Å². The fraction of sp³-hybridized carbons (Fsp3) is 0.300. The number of carbonyl (C=O) groups is 1. The van der Waals surface area contributed by atoms with E-state index in [9.17, 15) is 4.79 Å². The van der Waals surface area contributed by atoms with Crippen molar-refractivity contribution >= 4 is 17.5 Å². The maximum absolute atomic E-state index is 13.1. The van der Waals surface area contributed by atoms with Crippen LogP contribution in [0.5, 0.6) is 0 Å². The number of furan rings is 1. The number of hydrogen-bond acceptors (Lipinski definition) is 4. The summed E-state index contributed by atoms with van der Waals surface area (Å²) in [5.74, 6) is 0.609. The van der Waals surface area contributed by atoms with Crippen LogP contribution in [-0.4, -0.2) is 46.8 Å². The summed E-state index contributed by atoms with van der Waals surface area (Å²) in [6.07, 6.45) is 3.63. The lowest BCUT2D eigenvalue weighted by Crippen LogP contribution is -2.41. The van der Waals surface area contributed by atoms with E-state index in [4.69, 9.17) is 16.0 Å². The highest BCUT2D eigenvalue weighted by Gasteiger charge is 2.31. The molecule has 3 aromatic rings. The minimum Gasteiger partial charge on any atom is -0.463 e. The van der Waals surface area contributed by atoms with Crippen LogP contribution in [0, 0.1) is 0 Å². The molecule has 1 aromatic carbocycles. The summed E-state index contributed by atoms with van der Waals surface area (Å²) in [4.78, 5) is 15.0. The van der Waals surface area contributed by atoms with Crippen molar-refractivity contribution in [3.63, 3.8) is 0 Å². The lowest BCUT2D eigenvalue weighted by molar-refractivity contribution is 0.0730. The molecular weight excluding hydrogens is 364 g/mol. The van der Waals surface area contributed by atoms with Crippen LogP contribution in [0.4, 0.5) is 0 Å². The van der Waals surface area contributed by atoms with Crippen LogP contribution in [0.15, 0.2) is 53.1 Å². The summed E-state index contributed by atoms with van der Waals surface area (Å²) in [5.41, 5.74) is 1.97. The minimum absolute atomic E-state index is 0.0479. The third-order valence-corrected chi connectivity index (χ3v) is 5.10. The molecule has 3 heterocycles. The molecule has 0 spiro atoms. The molecule has 4 rings (SSSR count). The molecule has 7 heteroatoms. The van der Waals surface area contributed by atoms with Crippen LogP contribution in [0.1, 0.15) is 23.3 Å². The monoisotopic (exact) mass is 384 g/mol. The van der Waals surface area contributed by atoms with Gasteiger partial charge in [-0.3, -0.25) is 4.79 Å². The Kier molecular flexibility index (Phi) is 5.01. The molecule has 1 unspecified atom stereocenters. The normalized spacial score (nSPS) is 16.8. The lowest BCUT2D eigenvalue weighted by Gasteiger charge is -2.23. The summed E-state index contributed by atoms with van der Waals surface area (Å²) in [5, 5.41) is 8.42. The summed E-state index contributed by atoms with van der Waals surface area (Å²) < 4.78 is 7.29. The molecular formula is C20H21ClN4O2. The fourth-order valence-electron chi connectivity index (χ4n) is 3.56. The largest absolute Gasteiger partial charge is 0.463 e. The second kappa shape index (κ2) is 7.58. The summed E-state index contributed by atoms with van der Waals surface area (Å²) >= 11 is 6.01. The third kappa shape index (κ3) is 3.50. The van der Waals surface area contributed by atoms with Crippen molar-refractivity contribution in [2.45, 2.75) is 18.9 Å². The number of rotatable bonds is 5. The maximum atomic E-state index is 13.1. The molecule has 0 aliphatic carbocycles. The number of halogens is 1. The number of nitrogens with zero attached hydrogens (tertiary/aromatic N) is 3. The lowest BCUT2D eigenvalue weighted by atomic mass is 10.2. The number of nitrogens with one attached hydrogen (secondary N) is 1. The number of carbonyl (C=O) groups excluding carboxylic acids is 1. The molecule has 1 saturated heterocycles. The average molecular weight is 385 g/mol. The van der Waals surface area contributed by atoms with Crippen LogP contribution in [-0.2, 0) is 0 Å². The highest BCUT2D eigenvalue weighted by atomic mass is 35.5. The smallest absolute Gasteiger partial charge is 0.274 e. The Labute approximate surface area is 162 Å². The molecule has 1 aliphatic heterocycles. The Hall–Kier alpha value is -2.57. The predicted molar refractivity (Wildman–Crippen MR) is 104 cm³/mol. The van der Waals surface area contributed by atoms with Gasteiger partial charge in [0.25, 0.3) is 5.91 Å². The zero-order valence-electron chi connectivity index (χ0n) is 15.1. The molecule has 0 saturated carbocycles. The van der Waals surface area contributed by atoms with Gasteiger partial charge in [0.2, 0.25) is 0 Å². The van der Waals surface area contributed by atoms with Gasteiger partial charge >= 0.3 is 0 Å². The fourth-order valence-corrected chi connectivity index (χ4v) is 3.69. The number of amides is 1. The van der Waals surface area contributed by atoms with Gasteiger partial charge in [0.05, 0.1) is 12.0 Å². The molecule has 6 nitrogen and oxygen atoms in total. The van der Waals surface area contributed by atoms with E-state index < -0.39 is 0 Å². The Balaban J connectivity index is 1.73. The number of likely N-dealkylation sites (tertiary alicyclic amines) is 1. The molecule has 27 heavy (non-hydrogen) atoms. The van der Waals surface area contributed by atoms with E-state index in [1.54, 1.807) is 29.1 Å². The summed E-state index contributed by atoms with van der Waals surface area (Å²) in [6.45, 7) is 1.55. The van der Waals surface area contributed by atoms with Gasteiger partial charge in [0.15, 0.2) is 11.5 Å². The molecule has 0 radical (unpaired) electrons. The van der Waals surface area contributed by atoms with Crippen LogP contribution >= 0.6 is 11.6 Å². The molecule has 140 valence electrons. The zero-order valence-corrected chi connectivity index (χ0v) is 15.8. The number of aromatic nitrogens is 2. The molecule has 1 fully saturated rings. The molecule has 1 aliphatic rings. The standard InChI is InChI=1S/C20H21ClN4O2/c1-22-13-16-4-2-10-24(16)20(26)17-12-18(19-5-3-11-27-19)25(23-17)15-8-6-14(21)7-9-15/h3,5-9,11-12,16,22H,2,4,10,13H2,1H3. The van der Waals surface area contributed by atoms with Crippen LogP contribution in [0.3, 0.4) is 0 Å². The van der Waals surface area contributed by atoms with Crippen LogP contribution in [0.25, 0.3) is 17.1 Å². The number of hydrogen-bond donors (Lipinski definition) is 1. The SMILES string of the molecule is CNCC1CCCN1C(=O)c1cc(-c2ccco2)n(-c2ccc(Cl)cc2)n1. The first kappa shape index (κ1) is 17.8. The van der Waals surface area contributed by atoms with Crippen molar-refractivity contribution in [2.75, 3.05) is 20.1 Å². The molecule has 0 bridgehead atoms. The van der Waals surface area contributed by atoms with Gasteiger partial charge in [-0.05, 0) is 56.3 Å².